The van der Waals surface area contributed by atoms with Gasteiger partial charge in [0.2, 0.25) is 0 Å². The Morgan fingerprint density at radius 3 is 2.76 bits per heavy atom. The monoisotopic (exact) mass is 295 g/mol. The maximum Gasteiger partial charge on any atom is 0.251 e. The van der Waals surface area contributed by atoms with Crippen molar-refractivity contribution in [1.82, 2.24) is 15.3 Å². The van der Waals surface area contributed by atoms with E-state index in [1.54, 1.807) is 36.0 Å². The smallest absolute Gasteiger partial charge is 0.251 e. The van der Waals surface area contributed by atoms with E-state index >= 15 is 0 Å². The standard InChI is InChI=1S/C16H13N3OS/c20-15(19-11-12-4-6-17-7-5-12)13-2-1-3-14(10-13)16-18-8-9-21-16/h1-10H,11H2,(H,19,20). The van der Waals surface area contributed by atoms with Crippen LogP contribution < -0.4 is 5.32 Å². The van der Waals surface area contributed by atoms with E-state index in [1.807, 2.05) is 35.7 Å². The first-order chi connectivity index (χ1) is 10.3. The van der Waals surface area contributed by atoms with Crippen molar-refractivity contribution in [2.24, 2.45) is 0 Å². The van der Waals surface area contributed by atoms with Crippen molar-refractivity contribution in [3.05, 3.63) is 71.5 Å². The second-order valence-corrected chi connectivity index (χ2v) is 5.35. The van der Waals surface area contributed by atoms with Crippen molar-refractivity contribution in [1.29, 1.82) is 0 Å². The van der Waals surface area contributed by atoms with E-state index in [9.17, 15) is 4.79 Å². The Labute approximate surface area is 126 Å². The number of pyridine rings is 1. The molecule has 0 spiro atoms. The highest BCUT2D eigenvalue weighted by molar-refractivity contribution is 7.13. The highest BCUT2D eigenvalue weighted by Gasteiger charge is 2.08. The van der Waals surface area contributed by atoms with Crippen molar-refractivity contribution in [3.8, 4) is 10.6 Å². The first-order valence-electron chi connectivity index (χ1n) is 6.50. The Morgan fingerprint density at radius 2 is 2.00 bits per heavy atom. The number of hydrogen-bond donors (Lipinski definition) is 1. The molecule has 4 nitrogen and oxygen atoms in total. The van der Waals surface area contributed by atoms with Crippen molar-refractivity contribution >= 4 is 17.2 Å². The average Bonchev–Trinajstić information content (AvgIpc) is 3.08. The van der Waals surface area contributed by atoms with E-state index < -0.39 is 0 Å². The minimum absolute atomic E-state index is 0.0924. The Morgan fingerprint density at radius 1 is 1.14 bits per heavy atom. The Kier molecular flexibility index (Phi) is 4.02. The van der Waals surface area contributed by atoms with Crippen LogP contribution in [-0.2, 0) is 6.54 Å². The van der Waals surface area contributed by atoms with E-state index in [0.717, 1.165) is 16.1 Å². The van der Waals surface area contributed by atoms with Crippen LogP contribution in [0.25, 0.3) is 10.6 Å². The molecule has 2 aromatic heterocycles. The zero-order chi connectivity index (χ0) is 14.5. The molecule has 3 rings (SSSR count). The summed E-state index contributed by atoms with van der Waals surface area (Å²) in [6.45, 7) is 0.489. The third kappa shape index (κ3) is 3.32. The van der Waals surface area contributed by atoms with Crippen molar-refractivity contribution in [2.75, 3.05) is 0 Å². The molecule has 0 fully saturated rings. The highest BCUT2D eigenvalue weighted by atomic mass is 32.1. The number of nitrogens with one attached hydrogen (secondary N) is 1. The Hall–Kier alpha value is -2.53. The molecule has 0 aliphatic rings. The molecule has 2 heterocycles. The summed E-state index contributed by atoms with van der Waals surface area (Å²) in [6, 6.07) is 11.3. The largest absolute Gasteiger partial charge is 0.348 e. The molecular weight excluding hydrogens is 282 g/mol. The number of hydrogen-bond acceptors (Lipinski definition) is 4. The molecule has 0 aliphatic heterocycles. The van der Waals surface area contributed by atoms with Crippen molar-refractivity contribution in [3.63, 3.8) is 0 Å². The number of amides is 1. The second-order valence-electron chi connectivity index (χ2n) is 4.46. The molecular formula is C16H13N3OS. The van der Waals surface area contributed by atoms with Crippen LogP contribution in [0.15, 0.2) is 60.4 Å². The molecule has 0 radical (unpaired) electrons. The third-order valence-electron chi connectivity index (χ3n) is 3.01. The summed E-state index contributed by atoms with van der Waals surface area (Å²) in [5, 5.41) is 5.74. The van der Waals surface area contributed by atoms with E-state index in [2.05, 4.69) is 15.3 Å². The van der Waals surface area contributed by atoms with E-state index in [4.69, 9.17) is 0 Å². The molecule has 1 N–H and O–H groups in total. The zero-order valence-electron chi connectivity index (χ0n) is 11.2. The number of nitrogens with zero attached hydrogens (tertiary/aromatic N) is 2. The number of benzene rings is 1. The van der Waals surface area contributed by atoms with Gasteiger partial charge in [-0.3, -0.25) is 9.78 Å². The molecule has 1 aromatic carbocycles. The maximum atomic E-state index is 12.2. The van der Waals surface area contributed by atoms with Gasteiger partial charge >= 0.3 is 0 Å². The predicted molar refractivity (Wildman–Crippen MR) is 83.0 cm³/mol. The minimum Gasteiger partial charge on any atom is -0.348 e. The molecule has 21 heavy (non-hydrogen) atoms. The zero-order valence-corrected chi connectivity index (χ0v) is 12.0. The van der Waals surface area contributed by atoms with Crippen LogP contribution in [0.4, 0.5) is 0 Å². The van der Waals surface area contributed by atoms with Crippen molar-refractivity contribution in [2.45, 2.75) is 6.54 Å². The van der Waals surface area contributed by atoms with Crippen molar-refractivity contribution < 1.29 is 4.79 Å². The summed E-state index contributed by atoms with van der Waals surface area (Å²) < 4.78 is 0. The summed E-state index contributed by atoms with van der Waals surface area (Å²) in [5.41, 5.74) is 2.62. The lowest BCUT2D eigenvalue weighted by Crippen LogP contribution is -2.22. The van der Waals surface area contributed by atoms with Crippen LogP contribution in [-0.4, -0.2) is 15.9 Å². The molecule has 0 atom stereocenters. The minimum atomic E-state index is -0.0924. The number of carbonyl (C=O) groups is 1. The molecule has 0 aliphatic carbocycles. The Bertz CT molecular complexity index is 726. The quantitative estimate of drug-likeness (QED) is 0.804. The Balaban J connectivity index is 1.72. The van der Waals surface area contributed by atoms with Gasteiger partial charge in [-0.25, -0.2) is 4.98 Å². The summed E-state index contributed by atoms with van der Waals surface area (Å²) in [5.74, 6) is -0.0924. The third-order valence-corrected chi connectivity index (χ3v) is 3.83. The maximum absolute atomic E-state index is 12.2. The van der Waals surface area contributed by atoms with Crippen LogP contribution in [0.1, 0.15) is 15.9 Å². The fourth-order valence-corrected chi connectivity index (χ4v) is 2.58. The molecule has 104 valence electrons. The first-order valence-corrected chi connectivity index (χ1v) is 7.38. The molecule has 0 bridgehead atoms. The van der Waals surface area contributed by atoms with Gasteiger partial charge in [0.05, 0.1) is 0 Å². The van der Waals surface area contributed by atoms with Gasteiger partial charge in [0.1, 0.15) is 5.01 Å². The van der Waals surface area contributed by atoms with Gasteiger partial charge in [-0.15, -0.1) is 11.3 Å². The van der Waals surface area contributed by atoms with Crippen LogP contribution in [0.2, 0.25) is 0 Å². The lowest BCUT2D eigenvalue weighted by Gasteiger charge is -2.06. The fourth-order valence-electron chi connectivity index (χ4n) is 1.94. The van der Waals surface area contributed by atoms with Gasteiger partial charge < -0.3 is 5.32 Å². The lowest BCUT2D eigenvalue weighted by molar-refractivity contribution is 0.0951. The van der Waals surface area contributed by atoms with Gasteiger partial charge in [0.15, 0.2) is 0 Å². The number of rotatable bonds is 4. The lowest BCUT2D eigenvalue weighted by atomic mass is 10.1. The van der Waals surface area contributed by atoms with E-state index in [-0.39, 0.29) is 5.91 Å². The summed E-state index contributed by atoms with van der Waals surface area (Å²) in [6.07, 6.45) is 5.19. The molecule has 0 saturated heterocycles. The van der Waals surface area contributed by atoms with E-state index in [0.29, 0.717) is 12.1 Å². The van der Waals surface area contributed by atoms with Gasteiger partial charge in [0.25, 0.3) is 5.91 Å². The highest BCUT2D eigenvalue weighted by Crippen LogP contribution is 2.22. The number of aromatic nitrogens is 2. The topological polar surface area (TPSA) is 54.9 Å². The van der Waals surface area contributed by atoms with Crippen LogP contribution in [0.5, 0.6) is 0 Å². The van der Waals surface area contributed by atoms with Crippen LogP contribution in [0.3, 0.4) is 0 Å². The number of carbonyl (C=O) groups excluding carboxylic acids is 1. The van der Waals surface area contributed by atoms with Gasteiger partial charge in [-0.1, -0.05) is 12.1 Å². The average molecular weight is 295 g/mol. The molecule has 5 heteroatoms. The summed E-state index contributed by atoms with van der Waals surface area (Å²) in [4.78, 5) is 20.4. The van der Waals surface area contributed by atoms with Crippen LogP contribution in [0, 0.1) is 0 Å². The molecule has 1 amide bonds. The summed E-state index contributed by atoms with van der Waals surface area (Å²) >= 11 is 1.56. The summed E-state index contributed by atoms with van der Waals surface area (Å²) in [7, 11) is 0. The molecule has 0 unspecified atom stereocenters. The normalized spacial score (nSPS) is 10.3. The SMILES string of the molecule is O=C(NCc1ccncc1)c1cccc(-c2nccs2)c1. The first kappa shape index (κ1) is 13.5. The fraction of sp³-hybridized carbons (Fsp3) is 0.0625. The molecule has 3 aromatic rings. The van der Waals surface area contributed by atoms with Gasteiger partial charge in [0, 0.05) is 41.6 Å². The van der Waals surface area contributed by atoms with Gasteiger partial charge in [-0.2, -0.15) is 0 Å². The predicted octanol–water partition coefficient (Wildman–Crippen LogP) is 3.14. The molecule has 0 saturated carbocycles. The second kappa shape index (κ2) is 6.28. The number of thiazole rings is 1. The van der Waals surface area contributed by atoms with Crippen LogP contribution >= 0.6 is 11.3 Å². The van der Waals surface area contributed by atoms with Gasteiger partial charge in [-0.05, 0) is 29.8 Å². The van der Waals surface area contributed by atoms with E-state index in [1.165, 1.54) is 0 Å².